The molecule has 1 aliphatic heterocycles. The van der Waals surface area contributed by atoms with Gasteiger partial charge in [-0.05, 0) is 19.1 Å². The average Bonchev–Trinajstić information content (AvgIpc) is 2.60. The number of hydrogen-bond donors (Lipinski definition) is 4. The van der Waals surface area contributed by atoms with Gasteiger partial charge in [0.2, 0.25) is 0 Å². The van der Waals surface area contributed by atoms with E-state index in [0.717, 1.165) is 5.56 Å². The Labute approximate surface area is 144 Å². The molecule has 0 bridgehead atoms. The first-order chi connectivity index (χ1) is 11.9. The molecular weight excluding hydrogens is 336 g/mol. The normalized spacial score (nSPS) is 29.2. The molecule has 0 amide bonds. The van der Waals surface area contributed by atoms with Crippen molar-refractivity contribution in [2.45, 2.75) is 37.6 Å². The van der Waals surface area contributed by atoms with Gasteiger partial charge in [-0.25, -0.2) is 4.79 Å². The van der Waals surface area contributed by atoms with Crippen LogP contribution in [0.4, 0.5) is 4.79 Å². The highest BCUT2D eigenvalue weighted by atomic mass is 16.7. The first-order valence-corrected chi connectivity index (χ1v) is 7.75. The van der Waals surface area contributed by atoms with Crippen LogP contribution in [0.5, 0.6) is 5.75 Å². The predicted octanol–water partition coefficient (Wildman–Crippen LogP) is -0.673. The van der Waals surface area contributed by atoms with Gasteiger partial charge in [-0.2, -0.15) is 0 Å². The maximum atomic E-state index is 11.5. The van der Waals surface area contributed by atoms with Crippen molar-refractivity contribution in [1.29, 1.82) is 0 Å². The number of aryl methyl sites for hydroxylation is 1. The number of carbonyl (C=O) groups excluding carboxylic acids is 1. The summed E-state index contributed by atoms with van der Waals surface area (Å²) in [5.74, 6) is 0.338. The minimum absolute atomic E-state index is 0.147. The molecule has 0 saturated carbocycles. The fourth-order valence-corrected chi connectivity index (χ4v) is 2.23. The topological polar surface area (TPSA) is 135 Å². The molecule has 0 aromatic heterocycles. The highest BCUT2D eigenvalue weighted by Gasteiger charge is 2.43. The Morgan fingerprint density at radius 2 is 1.76 bits per heavy atom. The molecule has 9 nitrogen and oxygen atoms in total. The Morgan fingerprint density at radius 1 is 1.08 bits per heavy atom. The zero-order valence-electron chi connectivity index (χ0n) is 13.6. The second-order valence-electron chi connectivity index (χ2n) is 5.58. The van der Waals surface area contributed by atoms with Gasteiger partial charge in [0.25, 0.3) is 0 Å². The second kappa shape index (κ2) is 9.09. The lowest BCUT2D eigenvalue weighted by Gasteiger charge is -2.39. The monoisotopic (exact) mass is 358 g/mol. The Kier molecular flexibility index (Phi) is 7.12. The summed E-state index contributed by atoms with van der Waals surface area (Å²) in [4.78, 5) is 11.5. The van der Waals surface area contributed by atoms with Crippen molar-refractivity contribution in [3.8, 4) is 5.75 Å². The molecule has 0 aliphatic carbocycles. The maximum absolute atomic E-state index is 11.5. The van der Waals surface area contributed by atoms with E-state index in [1.54, 1.807) is 24.3 Å². The van der Waals surface area contributed by atoms with Crippen LogP contribution in [0.2, 0.25) is 0 Å². The Hall–Kier alpha value is -1.75. The number of benzene rings is 1. The van der Waals surface area contributed by atoms with Gasteiger partial charge in [0.05, 0.1) is 13.2 Å². The van der Waals surface area contributed by atoms with E-state index < -0.39 is 43.5 Å². The van der Waals surface area contributed by atoms with E-state index in [-0.39, 0.29) is 13.2 Å². The van der Waals surface area contributed by atoms with Crippen LogP contribution < -0.4 is 4.74 Å². The number of carbonyl (C=O) groups is 1. The number of hydrogen-bond acceptors (Lipinski definition) is 9. The molecule has 9 heteroatoms. The summed E-state index contributed by atoms with van der Waals surface area (Å²) in [6.07, 6.45) is -7.73. The first kappa shape index (κ1) is 19.6. The third kappa shape index (κ3) is 5.36. The molecular formula is C16H22O9. The summed E-state index contributed by atoms with van der Waals surface area (Å²) in [6, 6.07) is 6.82. The molecule has 25 heavy (non-hydrogen) atoms. The Balaban J connectivity index is 1.71. The number of aliphatic hydroxyl groups excluding tert-OH is 4. The SMILES string of the molecule is Cc1ccc(OC(=O)OCCOC2OC(CO)C(O)C(O)C2O)cc1. The van der Waals surface area contributed by atoms with E-state index >= 15 is 0 Å². The van der Waals surface area contributed by atoms with Crippen molar-refractivity contribution in [2.24, 2.45) is 0 Å². The molecule has 1 fully saturated rings. The molecule has 4 N–H and O–H groups in total. The van der Waals surface area contributed by atoms with Gasteiger partial charge in [-0.15, -0.1) is 0 Å². The van der Waals surface area contributed by atoms with Crippen molar-refractivity contribution in [2.75, 3.05) is 19.8 Å². The fraction of sp³-hybridized carbons (Fsp3) is 0.562. The van der Waals surface area contributed by atoms with E-state index in [9.17, 15) is 20.1 Å². The first-order valence-electron chi connectivity index (χ1n) is 7.75. The summed E-state index contributed by atoms with van der Waals surface area (Å²) in [5.41, 5.74) is 1.02. The summed E-state index contributed by atoms with van der Waals surface area (Å²) in [6.45, 7) is 1.02. The van der Waals surface area contributed by atoms with E-state index in [0.29, 0.717) is 5.75 Å². The molecule has 0 radical (unpaired) electrons. The summed E-state index contributed by atoms with van der Waals surface area (Å²) in [5, 5.41) is 38.1. The average molecular weight is 358 g/mol. The zero-order chi connectivity index (χ0) is 18.4. The van der Waals surface area contributed by atoms with Crippen LogP contribution in [0.15, 0.2) is 24.3 Å². The van der Waals surface area contributed by atoms with Crippen molar-refractivity contribution >= 4 is 6.16 Å². The summed E-state index contributed by atoms with van der Waals surface area (Å²) < 4.78 is 20.1. The predicted molar refractivity (Wildman–Crippen MR) is 82.9 cm³/mol. The zero-order valence-corrected chi connectivity index (χ0v) is 13.6. The van der Waals surface area contributed by atoms with Crippen LogP contribution in [0.3, 0.4) is 0 Å². The molecule has 5 atom stereocenters. The molecule has 140 valence electrons. The van der Waals surface area contributed by atoms with Crippen LogP contribution in [-0.4, -0.2) is 77.1 Å². The third-order valence-electron chi connectivity index (χ3n) is 3.66. The summed E-state index contributed by atoms with van der Waals surface area (Å²) >= 11 is 0. The molecule has 1 saturated heterocycles. The summed E-state index contributed by atoms with van der Waals surface area (Å²) in [7, 11) is 0. The van der Waals surface area contributed by atoms with Gasteiger partial charge in [-0.3, -0.25) is 0 Å². The molecule has 0 spiro atoms. The van der Waals surface area contributed by atoms with Crippen LogP contribution >= 0.6 is 0 Å². The quantitative estimate of drug-likeness (QED) is 0.296. The number of ether oxygens (including phenoxy) is 4. The van der Waals surface area contributed by atoms with Gasteiger partial charge in [0, 0.05) is 0 Å². The molecule has 1 aromatic rings. The molecule has 1 aromatic carbocycles. The van der Waals surface area contributed by atoms with Gasteiger partial charge in [0.1, 0.15) is 36.8 Å². The van der Waals surface area contributed by atoms with Gasteiger partial charge >= 0.3 is 6.16 Å². The second-order valence-corrected chi connectivity index (χ2v) is 5.58. The molecule has 5 unspecified atom stereocenters. The van der Waals surface area contributed by atoms with Crippen molar-refractivity contribution in [3.63, 3.8) is 0 Å². The van der Waals surface area contributed by atoms with Gasteiger partial charge in [-0.1, -0.05) is 17.7 Å². The standard InChI is InChI=1S/C16H22O9/c1-9-2-4-10(5-3-9)24-16(21)23-7-6-22-15-14(20)13(19)12(18)11(8-17)25-15/h2-5,11-15,17-20H,6-8H2,1H3. The van der Waals surface area contributed by atoms with Crippen LogP contribution in [-0.2, 0) is 14.2 Å². The maximum Gasteiger partial charge on any atom is 0.513 e. The van der Waals surface area contributed by atoms with Crippen LogP contribution in [0.25, 0.3) is 0 Å². The van der Waals surface area contributed by atoms with Gasteiger partial charge in [0.15, 0.2) is 6.29 Å². The van der Waals surface area contributed by atoms with E-state index in [4.69, 9.17) is 24.1 Å². The van der Waals surface area contributed by atoms with Crippen LogP contribution in [0, 0.1) is 6.92 Å². The minimum atomic E-state index is -1.52. The number of aliphatic hydroxyl groups is 4. The van der Waals surface area contributed by atoms with E-state index in [1.165, 1.54) is 0 Å². The van der Waals surface area contributed by atoms with E-state index in [1.807, 2.05) is 6.92 Å². The van der Waals surface area contributed by atoms with Gasteiger partial charge < -0.3 is 39.4 Å². The molecule has 1 aliphatic rings. The number of rotatable bonds is 6. The van der Waals surface area contributed by atoms with Crippen molar-refractivity contribution < 1.29 is 44.2 Å². The van der Waals surface area contributed by atoms with Crippen LogP contribution in [0.1, 0.15) is 5.56 Å². The highest BCUT2D eigenvalue weighted by Crippen LogP contribution is 2.21. The van der Waals surface area contributed by atoms with Crippen molar-refractivity contribution in [1.82, 2.24) is 0 Å². The minimum Gasteiger partial charge on any atom is -0.432 e. The van der Waals surface area contributed by atoms with Crippen molar-refractivity contribution in [3.05, 3.63) is 29.8 Å². The smallest absolute Gasteiger partial charge is 0.432 e. The Bertz CT molecular complexity index is 545. The molecule has 2 rings (SSSR count). The highest BCUT2D eigenvalue weighted by molar-refractivity contribution is 5.63. The lowest BCUT2D eigenvalue weighted by molar-refractivity contribution is -0.302. The largest absolute Gasteiger partial charge is 0.513 e. The Morgan fingerprint density at radius 3 is 2.40 bits per heavy atom. The molecule has 1 heterocycles. The lowest BCUT2D eigenvalue weighted by atomic mass is 9.99. The fourth-order valence-electron chi connectivity index (χ4n) is 2.23. The lowest BCUT2D eigenvalue weighted by Crippen LogP contribution is -2.59. The third-order valence-corrected chi connectivity index (χ3v) is 3.66. The van der Waals surface area contributed by atoms with E-state index in [2.05, 4.69) is 0 Å².